The van der Waals surface area contributed by atoms with E-state index >= 15 is 0 Å². The number of alkyl halides is 1. The van der Waals surface area contributed by atoms with Crippen LogP contribution in [0.4, 0.5) is 0 Å². The summed E-state index contributed by atoms with van der Waals surface area (Å²) >= 11 is 5.86. The maximum Gasteiger partial charge on any atom is 0.224 e. The Morgan fingerprint density at radius 2 is 2.23 bits per heavy atom. The SMILES string of the molecule is NCCCCCN1CC(Cl)CC1=O. The van der Waals surface area contributed by atoms with Crippen molar-refractivity contribution in [2.75, 3.05) is 19.6 Å². The molecule has 0 spiro atoms. The highest BCUT2D eigenvalue weighted by molar-refractivity contribution is 6.22. The average molecular weight is 205 g/mol. The summed E-state index contributed by atoms with van der Waals surface area (Å²) in [6, 6.07) is 0. The zero-order valence-corrected chi connectivity index (χ0v) is 8.59. The maximum atomic E-state index is 11.3. The molecule has 2 N–H and O–H groups in total. The van der Waals surface area contributed by atoms with Gasteiger partial charge in [-0.3, -0.25) is 4.79 Å². The summed E-state index contributed by atoms with van der Waals surface area (Å²) in [6.45, 7) is 2.32. The number of hydrogen-bond donors (Lipinski definition) is 1. The molecule has 0 radical (unpaired) electrons. The molecule has 1 unspecified atom stereocenters. The van der Waals surface area contributed by atoms with Crippen molar-refractivity contribution in [2.24, 2.45) is 5.73 Å². The molecule has 0 aromatic heterocycles. The van der Waals surface area contributed by atoms with E-state index in [0.717, 1.165) is 38.9 Å². The number of likely N-dealkylation sites (tertiary alicyclic amines) is 1. The first kappa shape index (κ1) is 10.8. The van der Waals surface area contributed by atoms with E-state index in [1.807, 2.05) is 4.90 Å². The molecule has 3 nitrogen and oxygen atoms in total. The third kappa shape index (κ3) is 3.53. The van der Waals surface area contributed by atoms with Gasteiger partial charge in [-0.25, -0.2) is 0 Å². The van der Waals surface area contributed by atoms with Gasteiger partial charge < -0.3 is 10.6 Å². The topological polar surface area (TPSA) is 46.3 Å². The minimum atomic E-state index is 0.0296. The molecule has 1 heterocycles. The van der Waals surface area contributed by atoms with E-state index in [9.17, 15) is 4.79 Å². The molecular weight excluding hydrogens is 188 g/mol. The van der Waals surface area contributed by atoms with Crippen LogP contribution in [0.3, 0.4) is 0 Å². The first-order valence-electron chi connectivity index (χ1n) is 4.86. The third-order valence-corrected chi connectivity index (χ3v) is 2.59. The van der Waals surface area contributed by atoms with Crippen molar-refractivity contribution in [3.63, 3.8) is 0 Å². The Kier molecular flexibility index (Phi) is 4.53. The summed E-state index contributed by atoms with van der Waals surface area (Å²) in [5.41, 5.74) is 5.37. The molecule has 1 saturated heterocycles. The van der Waals surface area contributed by atoms with Gasteiger partial charge >= 0.3 is 0 Å². The second-order valence-corrected chi connectivity index (χ2v) is 4.11. The largest absolute Gasteiger partial charge is 0.341 e. The van der Waals surface area contributed by atoms with Crippen LogP contribution in [-0.2, 0) is 4.79 Å². The summed E-state index contributed by atoms with van der Waals surface area (Å²) in [5.74, 6) is 0.202. The molecule has 1 fully saturated rings. The van der Waals surface area contributed by atoms with E-state index in [2.05, 4.69) is 0 Å². The minimum Gasteiger partial charge on any atom is -0.341 e. The molecule has 1 aliphatic rings. The second-order valence-electron chi connectivity index (χ2n) is 3.49. The molecule has 0 aliphatic carbocycles. The van der Waals surface area contributed by atoms with Crippen molar-refractivity contribution in [2.45, 2.75) is 31.1 Å². The Balaban J connectivity index is 2.11. The van der Waals surface area contributed by atoms with Gasteiger partial charge in [0.2, 0.25) is 5.91 Å². The number of carbonyl (C=O) groups is 1. The van der Waals surface area contributed by atoms with E-state index < -0.39 is 0 Å². The average Bonchev–Trinajstić information content (AvgIpc) is 2.39. The molecule has 0 bridgehead atoms. The Bertz CT molecular complexity index is 175. The van der Waals surface area contributed by atoms with Gasteiger partial charge in [0, 0.05) is 19.5 Å². The van der Waals surface area contributed by atoms with Crippen LogP contribution in [-0.4, -0.2) is 35.8 Å². The molecule has 1 amide bonds. The number of unbranched alkanes of at least 4 members (excludes halogenated alkanes) is 2. The standard InChI is InChI=1S/C9H17ClN2O/c10-8-6-9(13)12(7-8)5-3-1-2-4-11/h8H,1-7,11H2. The normalized spacial score (nSPS) is 22.8. The summed E-state index contributed by atoms with van der Waals surface area (Å²) in [7, 11) is 0. The van der Waals surface area contributed by atoms with Crippen molar-refractivity contribution in [1.29, 1.82) is 0 Å². The molecular formula is C9H17ClN2O. The van der Waals surface area contributed by atoms with Crippen LogP contribution in [0.25, 0.3) is 0 Å². The van der Waals surface area contributed by atoms with E-state index in [1.54, 1.807) is 0 Å². The van der Waals surface area contributed by atoms with Crippen molar-refractivity contribution < 1.29 is 4.79 Å². The number of halogens is 1. The first-order chi connectivity index (χ1) is 6.24. The highest BCUT2D eigenvalue weighted by atomic mass is 35.5. The highest BCUT2D eigenvalue weighted by Crippen LogP contribution is 2.16. The van der Waals surface area contributed by atoms with Crippen LogP contribution in [0.1, 0.15) is 25.7 Å². The van der Waals surface area contributed by atoms with Crippen LogP contribution in [0.5, 0.6) is 0 Å². The zero-order chi connectivity index (χ0) is 9.68. The fourth-order valence-electron chi connectivity index (χ4n) is 1.56. The first-order valence-corrected chi connectivity index (χ1v) is 5.29. The summed E-state index contributed by atoms with van der Waals surface area (Å²) in [5, 5.41) is 0.0296. The molecule has 4 heteroatoms. The van der Waals surface area contributed by atoms with Crippen LogP contribution in [0, 0.1) is 0 Å². The van der Waals surface area contributed by atoms with Gasteiger partial charge in [0.1, 0.15) is 0 Å². The van der Waals surface area contributed by atoms with Crippen LogP contribution >= 0.6 is 11.6 Å². The van der Waals surface area contributed by atoms with Crippen LogP contribution < -0.4 is 5.73 Å². The predicted octanol–water partition coefficient (Wildman–Crippen LogP) is 0.955. The second kappa shape index (κ2) is 5.45. The Morgan fingerprint density at radius 1 is 1.46 bits per heavy atom. The molecule has 0 aromatic carbocycles. The Hall–Kier alpha value is -0.280. The minimum absolute atomic E-state index is 0.0296. The number of carbonyl (C=O) groups excluding carboxylic acids is 1. The maximum absolute atomic E-state index is 11.3. The lowest BCUT2D eigenvalue weighted by atomic mass is 10.2. The fourth-order valence-corrected chi connectivity index (χ4v) is 1.86. The highest BCUT2D eigenvalue weighted by Gasteiger charge is 2.26. The molecule has 0 saturated carbocycles. The zero-order valence-electron chi connectivity index (χ0n) is 7.84. The van der Waals surface area contributed by atoms with Crippen molar-refractivity contribution in [3.8, 4) is 0 Å². The smallest absolute Gasteiger partial charge is 0.224 e. The van der Waals surface area contributed by atoms with E-state index in [0.29, 0.717) is 6.42 Å². The van der Waals surface area contributed by atoms with Gasteiger partial charge in [0.15, 0.2) is 0 Å². The Labute approximate surface area is 84.2 Å². The van der Waals surface area contributed by atoms with Gasteiger partial charge in [-0.05, 0) is 19.4 Å². The molecule has 1 aliphatic heterocycles. The van der Waals surface area contributed by atoms with Gasteiger partial charge in [0.05, 0.1) is 5.38 Å². The fraction of sp³-hybridized carbons (Fsp3) is 0.889. The number of hydrogen-bond acceptors (Lipinski definition) is 2. The number of rotatable bonds is 5. The number of nitrogens with two attached hydrogens (primary N) is 1. The third-order valence-electron chi connectivity index (χ3n) is 2.30. The number of nitrogens with zero attached hydrogens (tertiary/aromatic N) is 1. The van der Waals surface area contributed by atoms with Crippen molar-refractivity contribution in [1.82, 2.24) is 4.90 Å². The van der Waals surface area contributed by atoms with Crippen LogP contribution in [0.15, 0.2) is 0 Å². The molecule has 1 atom stereocenters. The number of amides is 1. The molecule has 1 rings (SSSR count). The molecule has 0 aromatic rings. The molecule has 76 valence electrons. The van der Waals surface area contributed by atoms with Crippen molar-refractivity contribution in [3.05, 3.63) is 0 Å². The van der Waals surface area contributed by atoms with Gasteiger partial charge in [0.25, 0.3) is 0 Å². The van der Waals surface area contributed by atoms with E-state index in [-0.39, 0.29) is 11.3 Å². The predicted molar refractivity (Wildman–Crippen MR) is 53.7 cm³/mol. The van der Waals surface area contributed by atoms with E-state index in [1.165, 1.54) is 0 Å². The lowest BCUT2D eigenvalue weighted by Gasteiger charge is -2.14. The molecule has 13 heavy (non-hydrogen) atoms. The summed E-state index contributed by atoms with van der Waals surface area (Å²) in [6.07, 6.45) is 3.71. The lowest BCUT2D eigenvalue weighted by molar-refractivity contribution is -0.127. The summed E-state index contributed by atoms with van der Waals surface area (Å²) in [4.78, 5) is 13.1. The van der Waals surface area contributed by atoms with E-state index in [4.69, 9.17) is 17.3 Å². The quantitative estimate of drug-likeness (QED) is 0.536. The lowest BCUT2D eigenvalue weighted by Crippen LogP contribution is -2.26. The van der Waals surface area contributed by atoms with Gasteiger partial charge in [-0.1, -0.05) is 6.42 Å². The van der Waals surface area contributed by atoms with Crippen LogP contribution in [0.2, 0.25) is 0 Å². The van der Waals surface area contributed by atoms with Gasteiger partial charge in [-0.2, -0.15) is 0 Å². The Morgan fingerprint density at radius 3 is 2.77 bits per heavy atom. The van der Waals surface area contributed by atoms with Gasteiger partial charge in [-0.15, -0.1) is 11.6 Å². The monoisotopic (exact) mass is 204 g/mol. The van der Waals surface area contributed by atoms with Crippen molar-refractivity contribution >= 4 is 17.5 Å². The summed E-state index contributed by atoms with van der Waals surface area (Å²) < 4.78 is 0.